The maximum absolute atomic E-state index is 12.7. The number of aromatic nitrogens is 1. The fourth-order valence-electron chi connectivity index (χ4n) is 2.85. The Bertz CT molecular complexity index is 1020. The van der Waals surface area contributed by atoms with Crippen LogP contribution in [0.1, 0.15) is 6.42 Å². The third kappa shape index (κ3) is 4.23. The van der Waals surface area contributed by atoms with Gasteiger partial charge in [-0.1, -0.05) is 18.2 Å². The fraction of sp³-hybridized carbons (Fsp3) is 0.316. The molecule has 0 aliphatic rings. The number of ether oxygens (including phenoxy) is 1. The Balaban J connectivity index is 1.62. The van der Waals surface area contributed by atoms with E-state index in [-0.39, 0.29) is 4.90 Å². The lowest BCUT2D eigenvalue weighted by atomic mass is 10.2. The molecule has 8 heteroatoms. The van der Waals surface area contributed by atoms with Crippen molar-refractivity contribution >= 4 is 37.5 Å². The van der Waals surface area contributed by atoms with Crippen LogP contribution in [0.25, 0.3) is 10.1 Å². The molecule has 6 nitrogen and oxygen atoms in total. The standard InChI is InChI=1S/C19H23N3O3S2/c1-21(19-17-10-4-5-11-18(17)26-20-19)12-7-13-22(2)27(23,24)16-9-6-8-15(14-16)25-3/h4-6,8-11,14H,7,12-13H2,1-3H3. The van der Waals surface area contributed by atoms with Crippen molar-refractivity contribution in [2.75, 3.05) is 39.2 Å². The molecule has 0 bridgehead atoms. The van der Waals surface area contributed by atoms with Crippen LogP contribution in [-0.4, -0.2) is 51.4 Å². The van der Waals surface area contributed by atoms with Gasteiger partial charge in [-0.15, -0.1) is 0 Å². The highest BCUT2D eigenvalue weighted by atomic mass is 32.2. The van der Waals surface area contributed by atoms with Crippen molar-refractivity contribution in [3.05, 3.63) is 48.5 Å². The highest BCUT2D eigenvalue weighted by Gasteiger charge is 2.21. The number of sulfonamides is 1. The van der Waals surface area contributed by atoms with Crippen molar-refractivity contribution in [1.29, 1.82) is 0 Å². The summed E-state index contributed by atoms with van der Waals surface area (Å²) < 4.78 is 37.6. The summed E-state index contributed by atoms with van der Waals surface area (Å²) in [6.07, 6.45) is 0.696. The minimum absolute atomic E-state index is 0.239. The van der Waals surface area contributed by atoms with E-state index in [0.29, 0.717) is 25.3 Å². The summed E-state index contributed by atoms with van der Waals surface area (Å²) in [4.78, 5) is 2.31. The zero-order valence-electron chi connectivity index (χ0n) is 15.6. The van der Waals surface area contributed by atoms with Crippen LogP contribution in [0, 0.1) is 0 Å². The van der Waals surface area contributed by atoms with Crippen molar-refractivity contribution in [3.8, 4) is 5.75 Å². The van der Waals surface area contributed by atoms with E-state index in [2.05, 4.69) is 21.4 Å². The first-order valence-corrected chi connectivity index (χ1v) is 10.8. The summed E-state index contributed by atoms with van der Waals surface area (Å²) >= 11 is 1.48. The van der Waals surface area contributed by atoms with E-state index >= 15 is 0 Å². The Hall–Kier alpha value is -2.16. The molecule has 0 radical (unpaired) electrons. The summed E-state index contributed by atoms with van der Waals surface area (Å²) in [6, 6.07) is 14.7. The van der Waals surface area contributed by atoms with E-state index in [1.165, 1.54) is 22.9 Å². The molecule has 2 aromatic carbocycles. The molecule has 0 spiro atoms. The number of fused-ring (bicyclic) bond motifs is 1. The van der Waals surface area contributed by atoms with Gasteiger partial charge in [-0.05, 0) is 42.2 Å². The molecular weight excluding hydrogens is 382 g/mol. The van der Waals surface area contributed by atoms with Crippen LogP contribution in [0.3, 0.4) is 0 Å². The lowest BCUT2D eigenvalue weighted by Gasteiger charge is -2.21. The zero-order chi connectivity index (χ0) is 19.4. The first kappa shape index (κ1) is 19.6. The molecule has 0 amide bonds. The van der Waals surface area contributed by atoms with Gasteiger partial charge < -0.3 is 9.64 Å². The van der Waals surface area contributed by atoms with Crippen molar-refractivity contribution in [2.45, 2.75) is 11.3 Å². The van der Waals surface area contributed by atoms with Gasteiger partial charge in [0.1, 0.15) is 11.6 Å². The Labute approximate surface area is 164 Å². The van der Waals surface area contributed by atoms with E-state index in [0.717, 1.165) is 15.9 Å². The molecule has 0 N–H and O–H groups in total. The lowest BCUT2D eigenvalue weighted by Crippen LogP contribution is -2.30. The average molecular weight is 406 g/mol. The number of anilines is 1. The summed E-state index contributed by atoms with van der Waals surface area (Å²) in [6.45, 7) is 1.14. The van der Waals surface area contributed by atoms with Gasteiger partial charge in [-0.25, -0.2) is 12.7 Å². The molecule has 1 heterocycles. The van der Waals surface area contributed by atoms with E-state index in [4.69, 9.17) is 4.74 Å². The molecule has 0 aliphatic carbocycles. The third-order valence-electron chi connectivity index (χ3n) is 4.44. The second-order valence-corrected chi connectivity index (χ2v) is 9.13. The van der Waals surface area contributed by atoms with Crippen LogP contribution in [0.4, 0.5) is 5.82 Å². The Morgan fingerprint density at radius 3 is 2.63 bits per heavy atom. The molecule has 1 aromatic heterocycles. The number of rotatable bonds is 8. The third-order valence-corrected chi connectivity index (χ3v) is 7.11. The molecular formula is C19H23N3O3S2. The first-order valence-electron chi connectivity index (χ1n) is 8.59. The molecule has 144 valence electrons. The maximum atomic E-state index is 12.7. The number of nitrogens with zero attached hydrogens (tertiary/aromatic N) is 3. The van der Waals surface area contributed by atoms with Gasteiger partial charge in [0, 0.05) is 38.6 Å². The first-order chi connectivity index (χ1) is 12.9. The zero-order valence-corrected chi connectivity index (χ0v) is 17.3. The summed E-state index contributed by atoms with van der Waals surface area (Å²) in [7, 11) is 1.57. The number of hydrogen-bond acceptors (Lipinski definition) is 6. The predicted molar refractivity (Wildman–Crippen MR) is 110 cm³/mol. The minimum Gasteiger partial charge on any atom is -0.497 e. The highest BCUT2D eigenvalue weighted by molar-refractivity contribution is 7.89. The monoisotopic (exact) mass is 405 g/mol. The molecule has 0 atom stereocenters. The van der Waals surface area contributed by atoms with Gasteiger partial charge in [-0.3, -0.25) is 0 Å². The normalized spacial score (nSPS) is 11.9. The van der Waals surface area contributed by atoms with Gasteiger partial charge in [0.2, 0.25) is 10.0 Å². The van der Waals surface area contributed by atoms with E-state index in [1.807, 2.05) is 19.2 Å². The van der Waals surface area contributed by atoms with Gasteiger partial charge in [0.05, 0.1) is 16.7 Å². The van der Waals surface area contributed by atoms with Crippen LogP contribution < -0.4 is 9.64 Å². The Kier molecular flexibility index (Phi) is 5.98. The highest BCUT2D eigenvalue weighted by Crippen LogP contribution is 2.28. The summed E-state index contributed by atoms with van der Waals surface area (Å²) in [5.41, 5.74) is 0. The van der Waals surface area contributed by atoms with Crippen molar-refractivity contribution in [1.82, 2.24) is 8.68 Å². The second-order valence-electron chi connectivity index (χ2n) is 6.28. The van der Waals surface area contributed by atoms with Crippen LogP contribution >= 0.6 is 11.5 Å². The fourth-order valence-corrected chi connectivity index (χ4v) is 4.91. The lowest BCUT2D eigenvalue weighted by molar-refractivity contribution is 0.412. The summed E-state index contributed by atoms with van der Waals surface area (Å²) in [5.74, 6) is 1.47. The van der Waals surface area contributed by atoms with Crippen molar-refractivity contribution < 1.29 is 13.2 Å². The topological polar surface area (TPSA) is 62.7 Å². The largest absolute Gasteiger partial charge is 0.497 e. The molecule has 0 saturated carbocycles. The smallest absolute Gasteiger partial charge is 0.242 e. The van der Waals surface area contributed by atoms with Crippen LogP contribution in [0.15, 0.2) is 53.4 Å². The van der Waals surface area contributed by atoms with Gasteiger partial charge in [0.15, 0.2) is 0 Å². The van der Waals surface area contributed by atoms with E-state index in [9.17, 15) is 8.42 Å². The molecule has 3 aromatic rings. The Morgan fingerprint density at radius 1 is 1.07 bits per heavy atom. The SMILES string of the molecule is COc1cccc(S(=O)(=O)N(C)CCCN(C)c2nsc3ccccc23)c1. The maximum Gasteiger partial charge on any atom is 0.242 e. The van der Waals surface area contributed by atoms with Crippen molar-refractivity contribution in [2.24, 2.45) is 0 Å². The second kappa shape index (κ2) is 8.24. The quantitative estimate of drug-likeness (QED) is 0.574. The molecule has 0 aliphatic heterocycles. The predicted octanol–water partition coefficient (Wildman–Crippen LogP) is 3.45. The van der Waals surface area contributed by atoms with Gasteiger partial charge in [-0.2, -0.15) is 4.37 Å². The van der Waals surface area contributed by atoms with Crippen LogP contribution in [0.2, 0.25) is 0 Å². The van der Waals surface area contributed by atoms with Crippen LogP contribution in [-0.2, 0) is 10.0 Å². The Morgan fingerprint density at radius 2 is 1.85 bits per heavy atom. The van der Waals surface area contributed by atoms with Gasteiger partial charge in [0.25, 0.3) is 0 Å². The molecule has 27 heavy (non-hydrogen) atoms. The molecule has 3 rings (SSSR count). The van der Waals surface area contributed by atoms with Gasteiger partial charge >= 0.3 is 0 Å². The van der Waals surface area contributed by atoms with E-state index in [1.54, 1.807) is 31.3 Å². The number of methoxy groups -OCH3 is 1. The molecule has 0 saturated heterocycles. The minimum atomic E-state index is -3.54. The van der Waals surface area contributed by atoms with E-state index < -0.39 is 10.0 Å². The van der Waals surface area contributed by atoms with Crippen LogP contribution in [0.5, 0.6) is 5.75 Å². The van der Waals surface area contributed by atoms with Crippen molar-refractivity contribution in [3.63, 3.8) is 0 Å². The summed E-state index contributed by atoms with van der Waals surface area (Å²) in [5, 5.41) is 1.13. The number of hydrogen-bond donors (Lipinski definition) is 0. The number of benzene rings is 2. The molecule has 0 fully saturated rings. The molecule has 0 unspecified atom stereocenters. The average Bonchev–Trinajstić information content (AvgIpc) is 3.12.